The molecule has 10 heavy (non-hydrogen) atoms. The predicted molar refractivity (Wildman–Crippen MR) is 35.9 cm³/mol. The summed E-state index contributed by atoms with van der Waals surface area (Å²) in [5.41, 5.74) is 0. The topological polar surface area (TPSA) is 33.1 Å². The quantitative estimate of drug-likeness (QED) is 0.624. The second kappa shape index (κ2) is 2.60. The van der Waals surface area contributed by atoms with E-state index < -0.39 is 11.8 Å². The standard InChI is InChI=1S/C5H2Cl2FNO/c6-2-1-3(7)5(10)9-4(2)8/h1H,(H,9,10). The van der Waals surface area contributed by atoms with Crippen LogP contribution in [0.5, 0.6) is 5.88 Å². The van der Waals surface area contributed by atoms with Crippen LogP contribution in [-0.4, -0.2) is 10.1 Å². The van der Waals surface area contributed by atoms with Gasteiger partial charge in [0.2, 0.25) is 11.8 Å². The summed E-state index contributed by atoms with van der Waals surface area (Å²) < 4.78 is 12.3. The predicted octanol–water partition coefficient (Wildman–Crippen LogP) is 2.23. The van der Waals surface area contributed by atoms with Crippen LogP contribution in [0.1, 0.15) is 0 Å². The highest BCUT2D eigenvalue weighted by Crippen LogP contribution is 2.25. The van der Waals surface area contributed by atoms with Gasteiger partial charge >= 0.3 is 0 Å². The molecule has 1 aromatic rings. The Morgan fingerprint density at radius 3 is 2.50 bits per heavy atom. The summed E-state index contributed by atoms with van der Waals surface area (Å²) in [6.45, 7) is 0. The van der Waals surface area contributed by atoms with Crippen LogP contribution in [-0.2, 0) is 0 Å². The number of aromatic hydroxyl groups is 1. The SMILES string of the molecule is Oc1nc(F)c(Cl)cc1Cl. The van der Waals surface area contributed by atoms with E-state index in [1.54, 1.807) is 0 Å². The first kappa shape index (κ1) is 7.57. The van der Waals surface area contributed by atoms with Crippen molar-refractivity contribution in [2.45, 2.75) is 0 Å². The van der Waals surface area contributed by atoms with Gasteiger partial charge in [-0.1, -0.05) is 23.2 Å². The fraction of sp³-hybridized carbons (Fsp3) is 0. The van der Waals surface area contributed by atoms with E-state index in [1.807, 2.05) is 0 Å². The van der Waals surface area contributed by atoms with Crippen LogP contribution >= 0.6 is 23.2 Å². The molecule has 0 aliphatic heterocycles. The van der Waals surface area contributed by atoms with Gasteiger partial charge in [-0.15, -0.1) is 0 Å². The molecule has 0 unspecified atom stereocenters. The van der Waals surface area contributed by atoms with Crippen LogP contribution in [0.25, 0.3) is 0 Å². The van der Waals surface area contributed by atoms with E-state index in [0.29, 0.717) is 0 Å². The Bertz CT molecular complexity index is 216. The second-order valence-corrected chi connectivity index (χ2v) is 2.38. The van der Waals surface area contributed by atoms with Crippen LogP contribution in [0, 0.1) is 5.95 Å². The number of hydrogen-bond acceptors (Lipinski definition) is 2. The highest BCUT2D eigenvalue weighted by Gasteiger charge is 2.06. The molecule has 0 aliphatic carbocycles. The minimum Gasteiger partial charge on any atom is -0.492 e. The molecule has 54 valence electrons. The summed E-state index contributed by atoms with van der Waals surface area (Å²) in [5, 5.41) is 8.41. The van der Waals surface area contributed by atoms with Gasteiger partial charge in [0.15, 0.2) is 0 Å². The first-order valence-corrected chi connectivity index (χ1v) is 3.07. The minimum absolute atomic E-state index is 0.0635. The summed E-state index contributed by atoms with van der Waals surface area (Å²) in [7, 11) is 0. The summed E-state index contributed by atoms with van der Waals surface area (Å²) in [6, 6.07) is 1.08. The lowest BCUT2D eigenvalue weighted by molar-refractivity contribution is 0.436. The molecule has 1 N–H and O–H groups in total. The van der Waals surface area contributed by atoms with E-state index in [0.717, 1.165) is 6.07 Å². The van der Waals surface area contributed by atoms with Gasteiger partial charge in [0.25, 0.3) is 0 Å². The van der Waals surface area contributed by atoms with Crippen LogP contribution in [0.4, 0.5) is 4.39 Å². The van der Waals surface area contributed by atoms with Crippen LogP contribution in [0.3, 0.4) is 0 Å². The number of nitrogens with zero attached hydrogens (tertiary/aromatic N) is 1. The molecule has 0 saturated heterocycles. The molecule has 0 fully saturated rings. The van der Waals surface area contributed by atoms with Crippen molar-refractivity contribution < 1.29 is 9.50 Å². The Balaban J connectivity index is 3.28. The zero-order valence-corrected chi connectivity index (χ0v) is 6.12. The summed E-state index contributed by atoms with van der Waals surface area (Å²) >= 11 is 10.6. The van der Waals surface area contributed by atoms with Gasteiger partial charge in [0, 0.05) is 0 Å². The zero-order valence-electron chi connectivity index (χ0n) is 4.61. The second-order valence-electron chi connectivity index (χ2n) is 1.57. The zero-order chi connectivity index (χ0) is 7.72. The fourth-order valence-corrected chi connectivity index (χ4v) is 0.794. The van der Waals surface area contributed by atoms with Crippen molar-refractivity contribution in [2.24, 2.45) is 0 Å². The van der Waals surface area contributed by atoms with E-state index >= 15 is 0 Å². The number of aromatic nitrogens is 1. The maximum atomic E-state index is 12.3. The molecule has 0 aliphatic rings. The van der Waals surface area contributed by atoms with E-state index in [9.17, 15) is 4.39 Å². The maximum Gasteiger partial charge on any atom is 0.235 e. The Labute approximate surface area is 66.2 Å². The summed E-state index contributed by atoms with van der Waals surface area (Å²) in [5.74, 6) is -1.48. The van der Waals surface area contributed by atoms with Crippen molar-refractivity contribution in [1.29, 1.82) is 0 Å². The van der Waals surface area contributed by atoms with E-state index in [1.165, 1.54) is 0 Å². The molecule has 0 spiro atoms. The van der Waals surface area contributed by atoms with Crippen LogP contribution in [0.2, 0.25) is 10.0 Å². The van der Waals surface area contributed by atoms with Gasteiger partial charge in [0.1, 0.15) is 5.02 Å². The molecule has 0 radical (unpaired) electrons. The maximum absolute atomic E-state index is 12.3. The van der Waals surface area contributed by atoms with E-state index in [4.69, 9.17) is 28.3 Å². The normalized spacial score (nSPS) is 9.90. The molecule has 1 aromatic heterocycles. The monoisotopic (exact) mass is 181 g/mol. The third-order valence-electron chi connectivity index (χ3n) is 0.868. The lowest BCUT2D eigenvalue weighted by Gasteiger charge is -1.95. The van der Waals surface area contributed by atoms with Gasteiger partial charge < -0.3 is 5.11 Å². The highest BCUT2D eigenvalue weighted by molar-refractivity contribution is 6.35. The molecular formula is C5H2Cl2FNO. The highest BCUT2D eigenvalue weighted by atomic mass is 35.5. The molecule has 0 aromatic carbocycles. The van der Waals surface area contributed by atoms with Gasteiger partial charge in [-0.3, -0.25) is 0 Å². The molecule has 2 nitrogen and oxygen atoms in total. The van der Waals surface area contributed by atoms with Gasteiger partial charge in [-0.2, -0.15) is 9.37 Å². The average Bonchev–Trinajstić information content (AvgIpc) is 1.84. The first-order valence-electron chi connectivity index (χ1n) is 2.32. The number of hydrogen-bond donors (Lipinski definition) is 1. The summed E-state index contributed by atoms with van der Waals surface area (Å²) in [4.78, 5) is 3.00. The molecule has 0 atom stereocenters. The van der Waals surface area contributed by atoms with Crippen molar-refractivity contribution in [3.05, 3.63) is 22.1 Å². The Hall–Kier alpha value is -0.540. The third-order valence-corrected chi connectivity index (χ3v) is 1.41. The van der Waals surface area contributed by atoms with Crippen molar-refractivity contribution >= 4 is 23.2 Å². The Morgan fingerprint density at radius 1 is 1.40 bits per heavy atom. The third kappa shape index (κ3) is 1.30. The fourth-order valence-electron chi connectivity index (χ4n) is 0.435. The average molecular weight is 182 g/mol. The minimum atomic E-state index is -0.927. The van der Waals surface area contributed by atoms with Crippen molar-refractivity contribution in [3.63, 3.8) is 0 Å². The molecular weight excluding hydrogens is 180 g/mol. The molecule has 0 bridgehead atoms. The van der Waals surface area contributed by atoms with E-state index in [2.05, 4.69) is 4.98 Å². The number of pyridine rings is 1. The van der Waals surface area contributed by atoms with Gasteiger partial charge in [-0.25, -0.2) is 0 Å². The molecule has 0 saturated carbocycles. The molecule has 5 heteroatoms. The van der Waals surface area contributed by atoms with Crippen molar-refractivity contribution in [2.75, 3.05) is 0 Å². The lowest BCUT2D eigenvalue weighted by Crippen LogP contribution is -1.83. The molecule has 1 heterocycles. The first-order chi connectivity index (χ1) is 4.61. The summed E-state index contributed by atoms with van der Waals surface area (Å²) in [6.07, 6.45) is 0. The molecule has 1 rings (SSSR count). The molecule has 0 amide bonds. The van der Waals surface area contributed by atoms with Crippen molar-refractivity contribution in [1.82, 2.24) is 4.98 Å². The largest absolute Gasteiger partial charge is 0.492 e. The van der Waals surface area contributed by atoms with Gasteiger partial charge in [-0.05, 0) is 6.07 Å². The van der Waals surface area contributed by atoms with E-state index in [-0.39, 0.29) is 10.0 Å². The van der Waals surface area contributed by atoms with Crippen molar-refractivity contribution in [3.8, 4) is 5.88 Å². The smallest absolute Gasteiger partial charge is 0.235 e. The number of halogens is 3. The van der Waals surface area contributed by atoms with Gasteiger partial charge in [0.05, 0.1) is 5.02 Å². The Kier molecular flexibility index (Phi) is 1.97. The number of rotatable bonds is 0. The Morgan fingerprint density at radius 2 is 2.00 bits per heavy atom. The van der Waals surface area contributed by atoms with Crippen LogP contribution in [0.15, 0.2) is 6.07 Å². The lowest BCUT2D eigenvalue weighted by atomic mass is 10.5. The van der Waals surface area contributed by atoms with Crippen LogP contribution < -0.4 is 0 Å².